The summed E-state index contributed by atoms with van der Waals surface area (Å²) in [5, 5.41) is 11.2. The number of hydrogen-bond donors (Lipinski definition) is 2. The first-order chi connectivity index (χ1) is 9.53. The topological polar surface area (TPSA) is 58.6 Å². The summed E-state index contributed by atoms with van der Waals surface area (Å²) < 4.78 is 62.1. The Labute approximate surface area is 105 Å². The molecule has 16 heavy (non-hydrogen) atoms. The summed E-state index contributed by atoms with van der Waals surface area (Å²) in [7, 11) is 0. The van der Waals surface area contributed by atoms with E-state index in [0.29, 0.717) is 0 Å². The lowest BCUT2D eigenvalue weighted by molar-refractivity contribution is 0.0451. The van der Waals surface area contributed by atoms with Crippen LogP contribution in [0.15, 0.2) is 0 Å². The van der Waals surface area contributed by atoms with Crippen molar-refractivity contribution in [1.29, 1.82) is 0 Å². The lowest BCUT2D eigenvalue weighted by Crippen LogP contribution is -2.43. The lowest BCUT2D eigenvalue weighted by Gasteiger charge is -2.25. The predicted molar refractivity (Wildman–Crippen MR) is 60.0 cm³/mol. The molecule has 1 atom stereocenters. The summed E-state index contributed by atoms with van der Waals surface area (Å²) >= 11 is 0. The second-order valence-electron chi connectivity index (χ2n) is 4.53. The lowest BCUT2D eigenvalue weighted by atomic mass is 10.0. The Balaban J connectivity index is 5.15. The van der Waals surface area contributed by atoms with Crippen molar-refractivity contribution >= 4 is 6.09 Å². The van der Waals surface area contributed by atoms with Crippen LogP contribution in [0.3, 0.4) is 0 Å². The maximum absolute atomic E-state index is 14.6. The maximum Gasteiger partial charge on any atom is 0.407 e. The fourth-order valence-corrected chi connectivity index (χ4v) is 0.975. The molecular formula is C11H22FNO3. The van der Waals surface area contributed by atoms with Crippen LogP contribution in [0.5, 0.6) is 0 Å². The molecule has 0 aliphatic rings. The van der Waals surface area contributed by atoms with Gasteiger partial charge in [0.25, 0.3) is 0 Å². The average molecular weight is 241 g/mol. The third-order valence-corrected chi connectivity index (χ3v) is 1.47. The van der Waals surface area contributed by atoms with E-state index in [1.807, 2.05) is 0 Å². The van der Waals surface area contributed by atoms with E-state index in [9.17, 15) is 9.18 Å². The van der Waals surface area contributed by atoms with Gasteiger partial charge in [0, 0.05) is 14.6 Å². The SMILES string of the molecule is [2H]C([2H])([2H])C(F)(C[C@@H](CO)NC(=O)OC(C)(C)C)C([2H])([2H])[2H]. The number of carbonyl (C=O) groups excluding carboxylic acids is 1. The number of aliphatic hydroxyl groups excluding tert-OH is 1. The van der Waals surface area contributed by atoms with Gasteiger partial charge in [0.1, 0.15) is 11.3 Å². The molecule has 0 aliphatic carbocycles. The Hall–Kier alpha value is -0.840. The van der Waals surface area contributed by atoms with E-state index in [0.717, 1.165) is 0 Å². The summed E-state index contributed by atoms with van der Waals surface area (Å²) in [4.78, 5) is 11.6. The quantitative estimate of drug-likeness (QED) is 0.791. The van der Waals surface area contributed by atoms with Gasteiger partial charge in [0.05, 0.1) is 12.6 Å². The predicted octanol–water partition coefficient (Wildman–Crippen LogP) is 2.01. The minimum Gasteiger partial charge on any atom is -0.444 e. The summed E-state index contributed by atoms with van der Waals surface area (Å²) in [6.07, 6.45) is -2.11. The number of ether oxygens (including phenoxy) is 1. The minimum atomic E-state index is -3.57. The molecule has 0 radical (unpaired) electrons. The van der Waals surface area contributed by atoms with Crippen LogP contribution >= 0.6 is 0 Å². The molecule has 2 N–H and O–H groups in total. The molecule has 1 amide bonds. The van der Waals surface area contributed by atoms with Crippen molar-refractivity contribution in [3.63, 3.8) is 0 Å². The average Bonchev–Trinajstić information content (AvgIpc) is 2.21. The molecule has 0 rings (SSSR count). The molecule has 5 heteroatoms. The molecule has 0 aromatic rings. The van der Waals surface area contributed by atoms with E-state index in [4.69, 9.17) is 18.1 Å². The molecule has 0 bridgehead atoms. The number of alkyl carbamates (subject to hydrolysis) is 1. The third kappa shape index (κ3) is 8.47. The van der Waals surface area contributed by atoms with Crippen LogP contribution in [0.4, 0.5) is 9.18 Å². The molecule has 0 saturated carbocycles. The standard InChI is InChI=1S/C11H22FNO3/c1-10(2,3)16-9(15)13-8(7-14)6-11(4,5)12/h8,14H,6-7H2,1-5H3,(H,13,15)/t8-/m0/s1/i4D3,5D3. The first-order valence-corrected chi connectivity index (χ1v) is 4.83. The van der Waals surface area contributed by atoms with Gasteiger partial charge >= 0.3 is 6.09 Å². The maximum atomic E-state index is 14.6. The molecule has 0 spiro atoms. The van der Waals surface area contributed by atoms with Gasteiger partial charge in [0.15, 0.2) is 0 Å². The fraction of sp³-hybridized carbons (Fsp3) is 0.909. The number of aliphatic hydroxyl groups is 1. The highest BCUT2D eigenvalue weighted by molar-refractivity contribution is 5.68. The van der Waals surface area contributed by atoms with Crippen molar-refractivity contribution in [3.05, 3.63) is 0 Å². The smallest absolute Gasteiger partial charge is 0.407 e. The Bertz CT molecular complexity index is 377. The molecule has 0 saturated heterocycles. The number of nitrogens with one attached hydrogen (secondary N) is 1. The van der Waals surface area contributed by atoms with E-state index in [-0.39, 0.29) is 0 Å². The van der Waals surface area contributed by atoms with Crippen LogP contribution < -0.4 is 5.32 Å². The molecule has 96 valence electrons. The molecular weight excluding hydrogens is 213 g/mol. The fourth-order valence-electron chi connectivity index (χ4n) is 0.975. The zero-order chi connectivity index (χ0) is 18.0. The van der Waals surface area contributed by atoms with Crippen LogP contribution in [-0.4, -0.2) is 35.1 Å². The molecule has 0 aromatic carbocycles. The number of halogens is 1. The first kappa shape index (κ1) is 7.48. The molecule has 0 aliphatic heterocycles. The Morgan fingerprint density at radius 3 is 2.50 bits per heavy atom. The zero-order valence-electron chi connectivity index (χ0n) is 15.6. The Kier molecular flexibility index (Phi) is 2.56. The van der Waals surface area contributed by atoms with Gasteiger partial charge in [-0.2, -0.15) is 0 Å². The highest BCUT2D eigenvalue weighted by atomic mass is 19.1. The van der Waals surface area contributed by atoms with Gasteiger partial charge in [0.2, 0.25) is 0 Å². The highest BCUT2D eigenvalue weighted by Crippen LogP contribution is 2.16. The summed E-state index contributed by atoms with van der Waals surface area (Å²) in [5.41, 5.74) is -4.42. The van der Waals surface area contributed by atoms with E-state index < -0.39 is 50.1 Å². The van der Waals surface area contributed by atoms with Gasteiger partial charge in [-0.25, -0.2) is 9.18 Å². The van der Waals surface area contributed by atoms with Gasteiger partial charge in [-0.3, -0.25) is 0 Å². The summed E-state index contributed by atoms with van der Waals surface area (Å²) in [5.74, 6) is 0. The van der Waals surface area contributed by atoms with Crippen molar-refractivity contribution in [2.24, 2.45) is 0 Å². The van der Waals surface area contributed by atoms with Crippen LogP contribution in [-0.2, 0) is 4.74 Å². The first-order valence-electron chi connectivity index (χ1n) is 7.83. The number of amides is 1. The number of alkyl halides is 1. The number of hydrogen-bond acceptors (Lipinski definition) is 3. The highest BCUT2D eigenvalue weighted by Gasteiger charge is 2.25. The third-order valence-electron chi connectivity index (χ3n) is 1.47. The summed E-state index contributed by atoms with van der Waals surface area (Å²) in [6.45, 7) is -3.00. The largest absolute Gasteiger partial charge is 0.444 e. The molecule has 0 heterocycles. The minimum absolute atomic E-state index is 0.836. The zero-order valence-corrected chi connectivity index (χ0v) is 9.63. The number of carbonyl (C=O) groups is 1. The van der Waals surface area contributed by atoms with E-state index in [2.05, 4.69) is 5.32 Å². The second-order valence-corrected chi connectivity index (χ2v) is 4.53. The van der Waals surface area contributed by atoms with E-state index in [1.54, 1.807) is 20.8 Å². The van der Waals surface area contributed by atoms with Gasteiger partial charge < -0.3 is 15.2 Å². The Morgan fingerprint density at radius 2 is 2.12 bits per heavy atom. The van der Waals surface area contributed by atoms with Crippen molar-refractivity contribution < 1.29 is 27.3 Å². The second kappa shape index (κ2) is 5.48. The van der Waals surface area contributed by atoms with Crippen molar-refractivity contribution in [1.82, 2.24) is 5.32 Å². The normalized spacial score (nSPS) is 21.6. The Morgan fingerprint density at radius 1 is 1.56 bits per heavy atom. The monoisotopic (exact) mass is 241 g/mol. The van der Waals surface area contributed by atoms with Crippen molar-refractivity contribution in [2.75, 3.05) is 6.61 Å². The van der Waals surface area contributed by atoms with Crippen LogP contribution in [0.25, 0.3) is 0 Å². The van der Waals surface area contributed by atoms with Crippen LogP contribution in [0, 0.1) is 0 Å². The number of rotatable bonds is 4. The molecule has 0 aromatic heterocycles. The molecule has 0 fully saturated rings. The molecule has 4 nitrogen and oxygen atoms in total. The van der Waals surface area contributed by atoms with Gasteiger partial charge in [-0.05, 0) is 34.5 Å². The van der Waals surface area contributed by atoms with Gasteiger partial charge in [-0.1, -0.05) is 0 Å². The summed E-state index contributed by atoms with van der Waals surface area (Å²) in [6, 6.07) is -1.42. The van der Waals surface area contributed by atoms with Gasteiger partial charge in [-0.15, -0.1) is 0 Å². The van der Waals surface area contributed by atoms with Crippen LogP contribution in [0.2, 0.25) is 0 Å². The van der Waals surface area contributed by atoms with E-state index in [1.165, 1.54) is 0 Å². The van der Waals surface area contributed by atoms with E-state index >= 15 is 0 Å². The van der Waals surface area contributed by atoms with Crippen LogP contribution in [0.1, 0.15) is 49.1 Å². The van der Waals surface area contributed by atoms with Crippen molar-refractivity contribution in [2.45, 2.75) is 58.2 Å². The van der Waals surface area contributed by atoms with Crippen molar-refractivity contribution in [3.8, 4) is 0 Å². The molecule has 0 unspecified atom stereocenters.